The predicted molar refractivity (Wildman–Crippen MR) is 115 cm³/mol. The Morgan fingerprint density at radius 3 is 2.44 bits per heavy atom. The number of nitrogens with zero attached hydrogens (tertiary/aromatic N) is 3. The Balaban J connectivity index is 0.000000672. The zero-order valence-electron chi connectivity index (χ0n) is 17.3. The number of pyridine rings is 1. The van der Waals surface area contributed by atoms with Crippen LogP contribution in [0.1, 0.15) is 5.56 Å². The third-order valence-electron chi connectivity index (χ3n) is 4.34. The van der Waals surface area contributed by atoms with Gasteiger partial charge in [0.2, 0.25) is 0 Å². The number of benzene rings is 3. The van der Waals surface area contributed by atoms with E-state index >= 15 is 0 Å². The van der Waals surface area contributed by atoms with Gasteiger partial charge in [0.05, 0.1) is 23.3 Å². The molecule has 0 fully saturated rings. The van der Waals surface area contributed by atoms with Gasteiger partial charge in [-0.25, -0.2) is 4.39 Å². The molecule has 0 saturated heterocycles. The summed E-state index contributed by atoms with van der Waals surface area (Å²) in [4.78, 5) is 4.42. The molecular weight excluding hydrogens is 442 g/mol. The Kier molecular flexibility index (Phi) is 9.15. The quantitative estimate of drug-likeness (QED) is 0.219. The van der Waals surface area contributed by atoms with Crippen LogP contribution in [0, 0.1) is 18.8 Å². The second-order valence-corrected chi connectivity index (χ2v) is 6.82. The fourth-order valence-electron chi connectivity index (χ4n) is 2.95. The minimum atomic E-state index is -3.11. The SMILES string of the molecule is Cc1cc(F)ccc1-c1ccc(N=Nc2c(N)ccc3c[c-]ccc23)cn1.O=S(=O)=O.[Na+]. The van der Waals surface area contributed by atoms with E-state index in [0.717, 1.165) is 27.6 Å². The molecule has 4 rings (SSSR count). The first-order valence-corrected chi connectivity index (χ1v) is 9.94. The maximum Gasteiger partial charge on any atom is 1.00 e. The molecule has 156 valence electrons. The number of rotatable bonds is 3. The van der Waals surface area contributed by atoms with Crippen molar-refractivity contribution in [2.24, 2.45) is 10.2 Å². The first-order chi connectivity index (χ1) is 14.8. The van der Waals surface area contributed by atoms with Crippen molar-refractivity contribution < 1.29 is 46.6 Å². The fourth-order valence-corrected chi connectivity index (χ4v) is 2.95. The van der Waals surface area contributed by atoms with Crippen molar-refractivity contribution in [1.82, 2.24) is 4.98 Å². The van der Waals surface area contributed by atoms with E-state index in [1.165, 1.54) is 12.1 Å². The summed E-state index contributed by atoms with van der Waals surface area (Å²) >= 11 is 0. The van der Waals surface area contributed by atoms with Crippen molar-refractivity contribution in [1.29, 1.82) is 0 Å². The van der Waals surface area contributed by atoms with E-state index in [-0.39, 0.29) is 35.4 Å². The molecule has 0 bridgehead atoms. The van der Waals surface area contributed by atoms with Crippen LogP contribution < -0.4 is 35.3 Å². The van der Waals surface area contributed by atoms with Crippen LogP contribution >= 0.6 is 0 Å². The molecule has 0 amide bonds. The molecular formula is C22H16FN4NaO3S. The van der Waals surface area contributed by atoms with Crippen molar-refractivity contribution in [2.45, 2.75) is 6.92 Å². The normalized spacial score (nSPS) is 10.3. The summed E-state index contributed by atoms with van der Waals surface area (Å²) < 4.78 is 38.6. The molecule has 0 aliphatic rings. The number of hydrogen-bond donors (Lipinski definition) is 1. The molecule has 0 atom stereocenters. The van der Waals surface area contributed by atoms with Gasteiger partial charge in [0.25, 0.3) is 0 Å². The smallest absolute Gasteiger partial charge is 0.397 e. The van der Waals surface area contributed by atoms with Crippen LogP contribution in [-0.2, 0) is 10.6 Å². The molecule has 1 aromatic heterocycles. The van der Waals surface area contributed by atoms with Crippen molar-refractivity contribution in [2.75, 3.05) is 5.73 Å². The van der Waals surface area contributed by atoms with Gasteiger partial charge >= 0.3 is 40.2 Å². The second kappa shape index (κ2) is 11.6. The number of nitrogen functional groups attached to an aromatic ring is 1. The van der Waals surface area contributed by atoms with Gasteiger partial charge in [0, 0.05) is 5.56 Å². The standard InChI is InChI=1S/C22H16FN4.Na.O3S/c1-14-12-16(23)7-9-18(14)21-11-8-17(13-25-21)26-27-22-19-5-3-2-4-15(19)6-10-20(22)24;;1-4(2)3/h3-13H,24H2,1H3;;/q-1;+1;. The molecule has 10 heteroatoms. The van der Waals surface area contributed by atoms with Gasteiger partial charge in [-0.2, -0.15) is 24.3 Å². The number of anilines is 1. The van der Waals surface area contributed by atoms with Gasteiger partial charge in [-0.15, -0.1) is 34.3 Å². The topological polar surface area (TPSA) is 115 Å². The van der Waals surface area contributed by atoms with Crippen molar-refractivity contribution in [3.8, 4) is 11.3 Å². The van der Waals surface area contributed by atoms with Crippen LogP contribution in [0.2, 0.25) is 0 Å². The summed E-state index contributed by atoms with van der Waals surface area (Å²) in [6, 6.07) is 20.7. The second-order valence-electron chi connectivity index (χ2n) is 6.42. The van der Waals surface area contributed by atoms with Gasteiger partial charge in [-0.1, -0.05) is 5.39 Å². The van der Waals surface area contributed by atoms with Gasteiger partial charge in [0.15, 0.2) is 0 Å². The Morgan fingerprint density at radius 1 is 1.03 bits per heavy atom. The molecule has 0 saturated carbocycles. The van der Waals surface area contributed by atoms with Gasteiger partial charge < -0.3 is 5.73 Å². The summed E-state index contributed by atoms with van der Waals surface area (Å²) in [5.41, 5.74) is 10.3. The average molecular weight is 458 g/mol. The van der Waals surface area contributed by atoms with Crippen LogP contribution in [0.5, 0.6) is 0 Å². The van der Waals surface area contributed by atoms with Crippen LogP contribution in [-0.4, -0.2) is 17.6 Å². The number of aromatic nitrogens is 1. The Morgan fingerprint density at radius 2 is 1.78 bits per heavy atom. The average Bonchev–Trinajstić information content (AvgIpc) is 2.73. The summed E-state index contributed by atoms with van der Waals surface area (Å²) in [6.45, 7) is 1.86. The monoisotopic (exact) mass is 458 g/mol. The zero-order chi connectivity index (χ0) is 22.4. The largest absolute Gasteiger partial charge is 1.00 e. The molecule has 0 unspecified atom stereocenters. The third-order valence-corrected chi connectivity index (χ3v) is 4.34. The van der Waals surface area contributed by atoms with E-state index in [2.05, 4.69) is 21.3 Å². The molecule has 0 radical (unpaired) electrons. The first-order valence-electron chi connectivity index (χ1n) is 8.94. The molecule has 4 aromatic rings. The van der Waals surface area contributed by atoms with E-state index in [9.17, 15) is 4.39 Å². The predicted octanol–water partition coefficient (Wildman–Crippen LogP) is 2.15. The summed E-state index contributed by atoms with van der Waals surface area (Å²) in [7, 11) is -3.11. The van der Waals surface area contributed by atoms with Crippen LogP contribution in [0.4, 0.5) is 21.5 Å². The molecule has 1 heterocycles. The molecule has 32 heavy (non-hydrogen) atoms. The number of nitrogens with two attached hydrogens (primary N) is 1. The van der Waals surface area contributed by atoms with E-state index < -0.39 is 10.6 Å². The number of aryl methyl sites for hydroxylation is 1. The molecule has 0 spiro atoms. The van der Waals surface area contributed by atoms with Crippen molar-refractivity contribution in [3.05, 3.63) is 84.3 Å². The van der Waals surface area contributed by atoms with E-state index in [1.54, 1.807) is 12.3 Å². The summed E-state index contributed by atoms with van der Waals surface area (Å²) in [6.07, 6.45) is 1.64. The van der Waals surface area contributed by atoms with E-state index in [4.69, 9.17) is 18.4 Å². The van der Waals surface area contributed by atoms with Crippen molar-refractivity contribution in [3.63, 3.8) is 0 Å². The fraction of sp³-hybridized carbons (Fsp3) is 0.0455. The van der Waals surface area contributed by atoms with Crippen molar-refractivity contribution >= 4 is 38.4 Å². The van der Waals surface area contributed by atoms with Crippen LogP contribution in [0.25, 0.3) is 22.0 Å². The third kappa shape index (κ3) is 6.51. The Labute approximate surface area is 207 Å². The van der Waals surface area contributed by atoms with Crippen LogP contribution in [0.15, 0.2) is 77.1 Å². The molecule has 3 aromatic carbocycles. The maximum absolute atomic E-state index is 13.3. The number of fused-ring (bicyclic) bond motifs is 1. The van der Waals surface area contributed by atoms with Gasteiger partial charge in [-0.05, 0) is 48.9 Å². The van der Waals surface area contributed by atoms with Gasteiger partial charge in [0.1, 0.15) is 11.5 Å². The van der Waals surface area contributed by atoms with Crippen LogP contribution in [0.3, 0.4) is 0 Å². The molecule has 2 N–H and O–H groups in total. The first kappa shape index (κ1) is 25.3. The number of azo groups is 1. The Hall–Kier alpha value is -2.98. The Bertz CT molecular complexity index is 1370. The zero-order valence-corrected chi connectivity index (χ0v) is 20.1. The maximum atomic E-state index is 13.3. The van der Waals surface area contributed by atoms with E-state index in [0.29, 0.717) is 17.1 Å². The minimum absolute atomic E-state index is 0. The van der Waals surface area contributed by atoms with Gasteiger partial charge in [-0.3, -0.25) is 4.98 Å². The molecule has 0 aliphatic heterocycles. The number of hydrogen-bond acceptors (Lipinski definition) is 7. The summed E-state index contributed by atoms with van der Waals surface area (Å²) in [5.74, 6) is -0.257. The number of halogens is 1. The summed E-state index contributed by atoms with van der Waals surface area (Å²) in [5, 5.41) is 10.5. The van der Waals surface area contributed by atoms with E-state index in [1.807, 2.05) is 49.4 Å². The molecule has 0 aliphatic carbocycles. The minimum Gasteiger partial charge on any atom is -0.397 e. The molecule has 7 nitrogen and oxygen atoms in total.